The Bertz CT molecular complexity index is 2830. The smallest absolute Gasteiger partial charge is 0.137 e. The van der Waals surface area contributed by atoms with Gasteiger partial charge in [-0.25, -0.2) is 0 Å². The van der Waals surface area contributed by atoms with Crippen molar-refractivity contribution in [3.63, 3.8) is 0 Å². The highest BCUT2D eigenvalue weighted by Gasteiger charge is 2.22. The first-order chi connectivity index (χ1) is 25.8. The molecule has 0 spiro atoms. The molecule has 0 saturated carbocycles. The van der Waals surface area contributed by atoms with Crippen LogP contribution < -0.4 is 4.90 Å². The van der Waals surface area contributed by atoms with Crippen LogP contribution in [-0.2, 0) is 0 Å². The van der Waals surface area contributed by atoms with Crippen LogP contribution in [0.4, 0.5) is 17.1 Å². The molecule has 0 atom stereocenters. The number of hydrogen-bond donors (Lipinski definition) is 0. The first-order valence-corrected chi connectivity index (χ1v) is 17.8. The topological polar surface area (TPSA) is 16.4 Å². The number of rotatable bonds is 6. The molecule has 0 radical (unpaired) electrons. The van der Waals surface area contributed by atoms with Gasteiger partial charge < -0.3 is 9.32 Å². The predicted octanol–water partition coefficient (Wildman–Crippen LogP) is 14.4. The van der Waals surface area contributed by atoms with Crippen LogP contribution in [0.1, 0.15) is 0 Å². The molecule has 0 fully saturated rings. The second-order valence-electron chi connectivity index (χ2n) is 13.3. The van der Waals surface area contributed by atoms with Crippen LogP contribution in [0.5, 0.6) is 0 Å². The van der Waals surface area contributed by atoms with Gasteiger partial charge >= 0.3 is 0 Å². The van der Waals surface area contributed by atoms with Crippen molar-refractivity contribution in [2.75, 3.05) is 4.90 Å². The average molecular weight is 664 g/mol. The van der Waals surface area contributed by atoms with Crippen molar-refractivity contribution in [1.29, 1.82) is 0 Å². The molecule has 1 aromatic heterocycles. The fraction of sp³-hybridized carbons (Fsp3) is 0. The average Bonchev–Trinajstić information content (AvgIpc) is 3.61. The fourth-order valence-electron chi connectivity index (χ4n) is 7.76. The van der Waals surface area contributed by atoms with E-state index >= 15 is 0 Å². The van der Waals surface area contributed by atoms with E-state index in [0.717, 1.165) is 44.6 Å². The summed E-state index contributed by atoms with van der Waals surface area (Å²) >= 11 is 0. The van der Waals surface area contributed by atoms with Crippen molar-refractivity contribution in [1.82, 2.24) is 0 Å². The van der Waals surface area contributed by atoms with Gasteiger partial charge in [-0.2, -0.15) is 0 Å². The third-order valence-corrected chi connectivity index (χ3v) is 10.2. The van der Waals surface area contributed by atoms with Crippen molar-refractivity contribution in [3.05, 3.63) is 200 Å². The largest absolute Gasteiger partial charge is 0.456 e. The lowest BCUT2D eigenvalue weighted by atomic mass is 9.93. The number of anilines is 3. The Hall–Kier alpha value is -6.90. The van der Waals surface area contributed by atoms with E-state index in [1.807, 2.05) is 6.07 Å². The maximum Gasteiger partial charge on any atom is 0.137 e. The summed E-state index contributed by atoms with van der Waals surface area (Å²) in [4.78, 5) is 2.42. The summed E-state index contributed by atoms with van der Waals surface area (Å²) in [5.74, 6) is 0. The molecule has 0 N–H and O–H groups in total. The maximum atomic E-state index is 6.42. The van der Waals surface area contributed by atoms with E-state index in [0.29, 0.717) is 0 Å². The highest BCUT2D eigenvalue weighted by atomic mass is 16.3. The summed E-state index contributed by atoms with van der Waals surface area (Å²) in [6.07, 6.45) is 0. The van der Waals surface area contributed by atoms with E-state index in [1.54, 1.807) is 0 Å². The summed E-state index contributed by atoms with van der Waals surface area (Å²) in [6, 6.07) is 71.8. The third-order valence-electron chi connectivity index (χ3n) is 10.2. The Kier molecular flexibility index (Phi) is 7.18. The fourth-order valence-corrected chi connectivity index (χ4v) is 7.76. The van der Waals surface area contributed by atoms with E-state index in [9.17, 15) is 0 Å². The third kappa shape index (κ3) is 5.12. The first-order valence-electron chi connectivity index (χ1n) is 17.8. The van der Waals surface area contributed by atoms with Crippen LogP contribution in [0, 0.1) is 0 Å². The number of hydrogen-bond acceptors (Lipinski definition) is 2. The second-order valence-corrected chi connectivity index (χ2v) is 13.3. The number of benzene rings is 9. The van der Waals surface area contributed by atoms with Crippen LogP contribution >= 0.6 is 0 Å². The van der Waals surface area contributed by atoms with Crippen LogP contribution in [0.15, 0.2) is 205 Å². The normalized spacial score (nSPS) is 11.5. The van der Waals surface area contributed by atoms with Gasteiger partial charge in [0.05, 0.1) is 16.8 Å². The number of furan rings is 1. The van der Waals surface area contributed by atoms with Crippen molar-refractivity contribution < 1.29 is 4.42 Å². The predicted molar refractivity (Wildman–Crippen MR) is 220 cm³/mol. The zero-order chi connectivity index (χ0) is 34.4. The van der Waals surface area contributed by atoms with Gasteiger partial charge in [0.15, 0.2) is 0 Å². The Morgan fingerprint density at radius 2 is 0.827 bits per heavy atom. The summed E-state index contributed by atoms with van der Waals surface area (Å²) in [5, 5.41) is 7.07. The molecule has 0 amide bonds. The lowest BCUT2D eigenvalue weighted by Gasteiger charge is -2.28. The molecule has 1 heterocycles. The zero-order valence-corrected chi connectivity index (χ0v) is 28.4. The minimum atomic E-state index is 0.872. The molecule has 0 aliphatic heterocycles. The molecule has 52 heavy (non-hydrogen) atoms. The molecule has 244 valence electrons. The SMILES string of the molecule is c1ccc(-c2cc(-c3ccccc3)cc(-c3ccc(N(c4cc5ccccc5c5ccccc45)c4cccc5oc6ccccc6c45)cc3)c2)cc1. The molecule has 2 heteroatoms. The van der Waals surface area contributed by atoms with Gasteiger partial charge in [0.1, 0.15) is 11.2 Å². The summed E-state index contributed by atoms with van der Waals surface area (Å²) < 4.78 is 6.42. The van der Waals surface area contributed by atoms with Gasteiger partial charge in [-0.1, -0.05) is 146 Å². The number of nitrogens with zero attached hydrogens (tertiary/aromatic N) is 1. The van der Waals surface area contributed by atoms with Crippen molar-refractivity contribution in [3.8, 4) is 33.4 Å². The lowest BCUT2D eigenvalue weighted by Crippen LogP contribution is -2.11. The Balaban J connectivity index is 1.19. The van der Waals surface area contributed by atoms with E-state index in [1.165, 1.54) is 49.4 Å². The highest BCUT2D eigenvalue weighted by molar-refractivity contribution is 6.18. The molecule has 0 aliphatic rings. The van der Waals surface area contributed by atoms with Gasteiger partial charge in [-0.15, -0.1) is 0 Å². The van der Waals surface area contributed by atoms with Crippen LogP contribution in [-0.4, -0.2) is 0 Å². The van der Waals surface area contributed by atoms with Crippen LogP contribution in [0.2, 0.25) is 0 Å². The Morgan fingerprint density at radius 1 is 0.308 bits per heavy atom. The van der Waals surface area contributed by atoms with Gasteiger partial charge in [-0.05, 0) is 104 Å². The molecule has 2 nitrogen and oxygen atoms in total. The minimum absolute atomic E-state index is 0.872. The summed E-state index contributed by atoms with van der Waals surface area (Å²) in [5.41, 5.74) is 12.2. The molecular weight excluding hydrogens is 631 g/mol. The van der Waals surface area contributed by atoms with Crippen LogP contribution in [0.3, 0.4) is 0 Å². The van der Waals surface area contributed by atoms with Gasteiger partial charge in [0.25, 0.3) is 0 Å². The highest BCUT2D eigenvalue weighted by Crippen LogP contribution is 2.46. The molecule has 0 bridgehead atoms. The van der Waals surface area contributed by atoms with Gasteiger partial charge in [0.2, 0.25) is 0 Å². The second kappa shape index (κ2) is 12.5. The van der Waals surface area contributed by atoms with E-state index in [-0.39, 0.29) is 0 Å². The molecule has 10 aromatic rings. The Labute approximate surface area is 302 Å². The van der Waals surface area contributed by atoms with E-state index in [4.69, 9.17) is 4.42 Å². The van der Waals surface area contributed by atoms with Crippen molar-refractivity contribution in [2.24, 2.45) is 0 Å². The summed E-state index contributed by atoms with van der Waals surface area (Å²) in [7, 11) is 0. The molecule has 9 aromatic carbocycles. The maximum absolute atomic E-state index is 6.42. The van der Waals surface area contributed by atoms with Crippen molar-refractivity contribution >= 4 is 60.5 Å². The van der Waals surface area contributed by atoms with Gasteiger partial charge in [0, 0.05) is 16.5 Å². The van der Waals surface area contributed by atoms with Crippen molar-refractivity contribution in [2.45, 2.75) is 0 Å². The molecule has 0 unspecified atom stereocenters. The molecule has 0 saturated heterocycles. The lowest BCUT2D eigenvalue weighted by molar-refractivity contribution is 0.669. The zero-order valence-electron chi connectivity index (χ0n) is 28.4. The first kappa shape index (κ1) is 30.0. The van der Waals surface area contributed by atoms with Crippen LogP contribution in [0.25, 0.3) is 76.9 Å². The van der Waals surface area contributed by atoms with Gasteiger partial charge in [-0.3, -0.25) is 0 Å². The Morgan fingerprint density at radius 3 is 1.50 bits per heavy atom. The van der Waals surface area contributed by atoms with E-state index < -0.39 is 0 Å². The monoisotopic (exact) mass is 663 g/mol. The molecule has 10 rings (SSSR count). The summed E-state index contributed by atoms with van der Waals surface area (Å²) in [6.45, 7) is 0. The molecule has 0 aliphatic carbocycles. The molecular formula is C50H33NO. The quantitative estimate of drug-likeness (QED) is 0.165. The standard InChI is InChI=1S/C50H33NO/c1-3-14-34(15-4-1)38-30-39(35-16-5-2-6-17-35)32-40(31-38)36-26-28-41(29-27-36)51(46-23-13-25-49-50(46)45-22-11-12-24-48(45)52-49)47-33-37-18-7-8-19-42(37)43-20-9-10-21-44(43)47/h1-33H. The number of fused-ring (bicyclic) bond motifs is 6. The minimum Gasteiger partial charge on any atom is -0.456 e. The van der Waals surface area contributed by atoms with E-state index in [2.05, 4.69) is 199 Å². The number of para-hydroxylation sites is 1.